The number of benzene rings is 1. The third kappa shape index (κ3) is 2.52. The van der Waals surface area contributed by atoms with E-state index in [2.05, 4.69) is 0 Å². The van der Waals surface area contributed by atoms with E-state index in [4.69, 9.17) is 16.9 Å². The van der Waals surface area contributed by atoms with Gasteiger partial charge in [0.15, 0.2) is 9.84 Å². The van der Waals surface area contributed by atoms with Gasteiger partial charge < -0.3 is 0 Å². The van der Waals surface area contributed by atoms with E-state index in [1.165, 1.54) is 0 Å². The van der Waals surface area contributed by atoms with E-state index < -0.39 is 15.1 Å². The van der Waals surface area contributed by atoms with Gasteiger partial charge >= 0.3 is 0 Å². The molecule has 1 atom stereocenters. The Labute approximate surface area is 112 Å². The Morgan fingerprint density at radius 3 is 2.94 bits per heavy atom. The van der Waals surface area contributed by atoms with Gasteiger partial charge in [-0.3, -0.25) is 0 Å². The summed E-state index contributed by atoms with van der Waals surface area (Å²) in [5.74, 6) is 0.0805. The molecule has 1 aliphatic rings. The van der Waals surface area contributed by atoms with E-state index in [1.54, 1.807) is 12.1 Å². The molecule has 0 aromatic heterocycles. The van der Waals surface area contributed by atoms with Crippen molar-refractivity contribution >= 4 is 21.4 Å². The third-order valence-electron chi connectivity index (χ3n) is 3.31. The van der Waals surface area contributed by atoms with Crippen LogP contribution in [-0.4, -0.2) is 14.2 Å². The fourth-order valence-corrected chi connectivity index (χ4v) is 4.63. The molecule has 0 heterocycles. The molecule has 0 aliphatic heterocycles. The van der Waals surface area contributed by atoms with Crippen LogP contribution >= 0.6 is 11.6 Å². The molecule has 0 saturated heterocycles. The highest BCUT2D eigenvalue weighted by atomic mass is 35.5. The summed E-state index contributed by atoms with van der Waals surface area (Å²) in [6, 6.07) is 7.41. The van der Waals surface area contributed by atoms with Crippen molar-refractivity contribution in [3.05, 3.63) is 34.3 Å². The number of fused-ring (bicyclic) bond motifs is 1. The molecular formula is C13H14ClNO2S. The van der Waals surface area contributed by atoms with Gasteiger partial charge in [0.2, 0.25) is 0 Å². The normalized spacial score (nSPS) is 18.3. The molecule has 1 aliphatic carbocycles. The first-order valence-electron chi connectivity index (χ1n) is 5.92. The van der Waals surface area contributed by atoms with Crippen molar-refractivity contribution in [2.75, 3.05) is 5.75 Å². The average molecular weight is 284 g/mol. The van der Waals surface area contributed by atoms with Crippen LogP contribution in [0.4, 0.5) is 0 Å². The quantitative estimate of drug-likeness (QED) is 0.798. The number of unbranched alkanes of at least 4 members (excludes halogenated alkanes) is 1. The predicted molar refractivity (Wildman–Crippen MR) is 71.1 cm³/mol. The number of halogens is 1. The molecule has 96 valence electrons. The number of hydrogen-bond acceptors (Lipinski definition) is 3. The molecule has 0 saturated carbocycles. The predicted octanol–water partition coefficient (Wildman–Crippen LogP) is 3.05. The Bertz CT molecular complexity index is 589. The van der Waals surface area contributed by atoms with Gasteiger partial charge in [0.1, 0.15) is 0 Å². The van der Waals surface area contributed by atoms with Crippen LogP contribution in [-0.2, 0) is 16.3 Å². The van der Waals surface area contributed by atoms with Gasteiger partial charge in [-0.25, -0.2) is 8.42 Å². The van der Waals surface area contributed by atoms with Gasteiger partial charge in [0, 0.05) is 11.4 Å². The minimum atomic E-state index is -3.17. The molecule has 18 heavy (non-hydrogen) atoms. The summed E-state index contributed by atoms with van der Waals surface area (Å²) in [4.78, 5) is 0. The van der Waals surface area contributed by atoms with Crippen LogP contribution in [0, 0.1) is 11.3 Å². The summed E-state index contributed by atoms with van der Waals surface area (Å²) < 4.78 is 24.5. The van der Waals surface area contributed by atoms with E-state index >= 15 is 0 Å². The Morgan fingerprint density at radius 2 is 2.22 bits per heavy atom. The molecule has 2 rings (SSSR count). The Morgan fingerprint density at radius 1 is 1.44 bits per heavy atom. The second-order valence-electron chi connectivity index (χ2n) is 4.46. The molecular weight excluding hydrogens is 270 g/mol. The number of sulfone groups is 1. The van der Waals surface area contributed by atoms with Gasteiger partial charge in [0.25, 0.3) is 0 Å². The van der Waals surface area contributed by atoms with Crippen LogP contribution in [0.5, 0.6) is 0 Å². The van der Waals surface area contributed by atoms with Crippen molar-refractivity contribution in [3.63, 3.8) is 0 Å². The second-order valence-corrected chi connectivity index (χ2v) is 7.17. The zero-order valence-corrected chi connectivity index (χ0v) is 11.5. The van der Waals surface area contributed by atoms with Gasteiger partial charge in [-0.15, -0.1) is 0 Å². The summed E-state index contributed by atoms with van der Waals surface area (Å²) in [7, 11) is -3.17. The van der Waals surface area contributed by atoms with Crippen molar-refractivity contribution in [2.24, 2.45) is 0 Å². The monoisotopic (exact) mass is 283 g/mol. The SMILES string of the molecule is N#CCCCS(=O)(=O)[C@@H]1CCc2c(Cl)cccc21. The Balaban J connectivity index is 2.23. The van der Waals surface area contributed by atoms with Crippen molar-refractivity contribution in [3.8, 4) is 6.07 Å². The minimum absolute atomic E-state index is 0.0805. The maximum Gasteiger partial charge on any atom is 0.157 e. The lowest BCUT2D eigenvalue weighted by atomic mass is 10.1. The van der Waals surface area contributed by atoms with Gasteiger partial charge in [-0.2, -0.15) is 5.26 Å². The third-order valence-corrected chi connectivity index (χ3v) is 5.88. The van der Waals surface area contributed by atoms with Gasteiger partial charge in [-0.05, 0) is 36.5 Å². The highest BCUT2D eigenvalue weighted by Gasteiger charge is 2.33. The number of nitrogens with zero attached hydrogens (tertiary/aromatic N) is 1. The molecule has 0 unspecified atom stereocenters. The second kappa shape index (κ2) is 5.29. The Kier molecular flexibility index (Phi) is 3.94. The van der Waals surface area contributed by atoms with Crippen LogP contribution in [0.2, 0.25) is 5.02 Å². The first-order valence-corrected chi connectivity index (χ1v) is 8.01. The molecule has 1 aromatic carbocycles. The van der Waals surface area contributed by atoms with Crippen molar-refractivity contribution < 1.29 is 8.42 Å². The fraction of sp³-hybridized carbons (Fsp3) is 0.462. The average Bonchev–Trinajstić information content (AvgIpc) is 2.75. The smallest absolute Gasteiger partial charge is 0.157 e. The van der Waals surface area contributed by atoms with Crippen LogP contribution in [0.3, 0.4) is 0 Å². The summed E-state index contributed by atoms with van der Waals surface area (Å²) in [6.45, 7) is 0. The van der Waals surface area contributed by atoms with Crippen LogP contribution in [0.15, 0.2) is 18.2 Å². The molecule has 0 fully saturated rings. The summed E-state index contributed by atoms with van der Waals surface area (Å²) in [5.41, 5.74) is 1.81. The van der Waals surface area contributed by atoms with Crippen LogP contribution in [0.25, 0.3) is 0 Å². The standard InChI is InChI=1S/C13H14ClNO2S/c14-12-5-3-4-11-10(12)6-7-13(11)18(16,17)9-2-1-8-15/h3-5,13H,1-2,6-7,9H2/t13-/m1/s1. The lowest BCUT2D eigenvalue weighted by Gasteiger charge is -2.12. The molecule has 0 bridgehead atoms. The number of hydrogen-bond donors (Lipinski definition) is 0. The summed E-state index contributed by atoms with van der Waals surface area (Å²) in [5, 5.41) is 8.68. The van der Waals surface area contributed by atoms with Crippen molar-refractivity contribution in [1.29, 1.82) is 5.26 Å². The molecule has 0 amide bonds. The fourth-order valence-electron chi connectivity index (χ4n) is 2.44. The summed E-state index contributed by atoms with van der Waals surface area (Å²) in [6.07, 6.45) is 2.02. The molecule has 1 aromatic rings. The lowest BCUT2D eigenvalue weighted by molar-refractivity contribution is 0.578. The van der Waals surface area contributed by atoms with Gasteiger partial charge in [-0.1, -0.05) is 23.7 Å². The highest BCUT2D eigenvalue weighted by Crippen LogP contribution is 2.40. The van der Waals surface area contributed by atoms with Gasteiger partial charge in [0.05, 0.1) is 17.1 Å². The van der Waals surface area contributed by atoms with E-state index in [1.807, 2.05) is 12.1 Å². The zero-order chi connectivity index (χ0) is 13.2. The van der Waals surface area contributed by atoms with E-state index in [0.717, 1.165) is 17.5 Å². The largest absolute Gasteiger partial charge is 0.228 e. The molecule has 3 nitrogen and oxygen atoms in total. The summed E-state index contributed by atoms with van der Waals surface area (Å²) >= 11 is 6.07. The topological polar surface area (TPSA) is 57.9 Å². The van der Waals surface area contributed by atoms with E-state index in [-0.39, 0.29) is 12.2 Å². The first-order chi connectivity index (χ1) is 8.56. The molecule has 0 radical (unpaired) electrons. The maximum absolute atomic E-state index is 12.2. The highest BCUT2D eigenvalue weighted by molar-refractivity contribution is 7.91. The van der Waals surface area contributed by atoms with E-state index in [0.29, 0.717) is 17.9 Å². The van der Waals surface area contributed by atoms with E-state index in [9.17, 15) is 8.42 Å². The maximum atomic E-state index is 12.2. The van der Waals surface area contributed by atoms with Crippen molar-refractivity contribution in [1.82, 2.24) is 0 Å². The lowest BCUT2D eigenvalue weighted by Crippen LogP contribution is -2.14. The van der Waals surface area contributed by atoms with Crippen LogP contribution in [0.1, 0.15) is 35.6 Å². The molecule has 0 N–H and O–H groups in total. The zero-order valence-electron chi connectivity index (χ0n) is 9.89. The van der Waals surface area contributed by atoms with Crippen molar-refractivity contribution in [2.45, 2.75) is 30.9 Å². The molecule has 5 heteroatoms. The van der Waals surface area contributed by atoms with Crippen LogP contribution < -0.4 is 0 Å². The number of rotatable bonds is 4. The number of nitriles is 1. The Hall–Kier alpha value is -1.05. The first kappa shape index (κ1) is 13.4. The minimum Gasteiger partial charge on any atom is -0.228 e. The molecule has 0 spiro atoms.